The SMILES string of the molecule is CC1CCCC(CNC2CC3CCC(C2)N3C)C1. The van der Waals surface area contributed by atoms with E-state index in [1.54, 1.807) is 0 Å². The molecular formula is C16H30N2. The molecule has 0 amide bonds. The second kappa shape index (κ2) is 5.50. The number of piperidine rings is 1. The Kier molecular flexibility index (Phi) is 3.95. The fraction of sp³-hybridized carbons (Fsp3) is 1.00. The van der Waals surface area contributed by atoms with Gasteiger partial charge in [0.15, 0.2) is 0 Å². The lowest BCUT2D eigenvalue weighted by molar-refractivity contribution is 0.143. The average Bonchev–Trinajstić information content (AvgIpc) is 2.60. The lowest BCUT2D eigenvalue weighted by atomic mass is 9.82. The van der Waals surface area contributed by atoms with Gasteiger partial charge in [0.1, 0.15) is 0 Å². The first-order valence-electron chi connectivity index (χ1n) is 8.17. The van der Waals surface area contributed by atoms with E-state index in [0.717, 1.165) is 30.0 Å². The van der Waals surface area contributed by atoms with E-state index in [9.17, 15) is 0 Å². The van der Waals surface area contributed by atoms with Crippen LogP contribution in [-0.2, 0) is 0 Å². The minimum absolute atomic E-state index is 0.816. The molecule has 2 bridgehead atoms. The number of fused-ring (bicyclic) bond motifs is 2. The van der Waals surface area contributed by atoms with Gasteiger partial charge in [-0.05, 0) is 64.0 Å². The molecule has 104 valence electrons. The van der Waals surface area contributed by atoms with E-state index >= 15 is 0 Å². The molecule has 0 aromatic carbocycles. The van der Waals surface area contributed by atoms with Crippen molar-refractivity contribution in [2.75, 3.05) is 13.6 Å². The molecule has 0 aromatic rings. The normalized spacial score (nSPS) is 45.3. The molecule has 1 aliphatic carbocycles. The predicted molar refractivity (Wildman–Crippen MR) is 76.7 cm³/mol. The molecule has 0 aromatic heterocycles. The van der Waals surface area contributed by atoms with E-state index in [1.807, 2.05) is 0 Å². The van der Waals surface area contributed by atoms with Crippen molar-refractivity contribution < 1.29 is 0 Å². The molecule has 2 saturated heterocycles. The fourth-order valence-corrected chi connectivity index (χ4v) is 4.66. The Hall–Kier alpha value is -0.0800. The first-order valence-corrected chi connectivity index (χ1v) is 8.17. The maximum absolute atomic E-state index is 3.91. The Bertz CT molecular complexity index is 264. The molecular weight excluding hydrogens is 220 g/mol. The summed E-state index contributed by atoms with van der Waals surface area (Å²) in [5, 5.41) is 3.91. The maximum atomic E-state index is 3.91. The van der Waals surface area contributed by atoms with Gasteiger partial charge in [-0.2, -0.15) is 0 Å². The number of hydrogen-bond acceptors (Lipinski definition) is 2. The Morgan fingerprint density at radius 2 is 1.72 bits per heavy atom. The molecule has 1 N–H and O–H groups in total. The molecule has 18 heavy (non-hydrogen) atoms. The van der Waals surface area contributed by atoms with Crippen LogP contribution in [-0.4, -0.2) is 36.6 Å². The van der Waals surface area contributed by atoms with Crippen LogP contribution in [0.2, 0.25) is 0 Å². The van der Waals surface area contributed by atoms with Gasteiger partial charge in [-0.1, -0.05) is 19.8 Å². The summed E-state index contributed by atoms with van der Waals surface area (Å²) in [7, 11) is 2.33. The molecule has 1 saturated carbocycles. The van der Waals surface area contributed by atoms with Crippen LogP contribution in [0.25, 0.3) is 0 Å². The standard InChI is InChI=1S/C16H30N2/c1-12-4-3-5-13(8-12)11-17-14-9-15-6-7-16(10-14)18(15)2/h12-17H,3-11H2,1-2H3. The molecule has 2 aliphatic heterocycles. The molecule has 0 spiro atoms. The van der Waals surface area contributed by atoms with E-state index < -0.39 is 0 Å². The van der Waals surface area contributed by atoms with Gasteiger partial charge >= 0.3 is 0 Å². The van der Waals surface area contributed by atoms with Crippen molar-refractivity contribution in [3.63, 3.8) is 0 Å². The summed E-state index contributed by atoms with van der Waals surface area (Å²) in [6.07, 6.45) is 11.6. The molecule has 4 atom stereocenters. The number of hydrogen-bond donors (Lipinski definition) is 1. The van der Waals surface area contributed by atoms with Gasteiger partial charge in [-0.15, -0.1) is 0 Å². The first-order chi connectivity index (χ1) is 8.72. The molecule has 3 fully saturated rings. The van der Waals surface area contributed by atoms with Gasteiger partial charge in [0.2, 0.25) is 0 Å². The molecule has 0 radical (unpaired) electrons. The van der Waals surface area contributed by atoms with Crippen LogP contribution in [0, 0.1) is 11.8 Å². The summed E-state index contributed by atoms with van der Waals surface area (Å²) in [6.45, 7) is 3.72. The molecule has 3 rings (SSSR count). The van der Waals surface area contributed by atoms with Crippen molar-refractivity contribution in [3.8, 4) is 0 Å². The van der Waals surface area contributed by atoms with E-state index in [0.29, 0.717) is 0 Å². The van der Waals surface area contributed by atoms with Gasteiger partial charge in [-0.25, -0.2) is 0 Å². The first kappa shape index (κ1) is 12.9. The lowest BCUT2D eigenvalue weighted by Crippen LogP contribution is -2.48. The highest BCUT2D eigenvalue weighted by Crippen LogP contribution is 2.34. The summed E-state index contributed by atoms with van der Waals surface area (Å²) in [4.78, 5) is 2.64. The highest BCUT2D eigenvalue weighted by molar-refractivity contribution is 4.96. The van der Waals surface area contributed by atoms with Gasteiger partial charge in [-0.3, -0.25) is 0 Å². The van der Waals surface area contributed by atoms with Gasteiger partial charge in [0.25, 0.3) is 0 Å². The van der Waals surface area contributed by atoms with E-state index in [2.05, 4.69) is 24.2 Å². The van der Waals surface area contributed by atoms with Crippen LogP contribution < -0.4 is 5.32 Å². The van der Waals surface area contributed by atoms with Crippen molar-refractivity contribution >= 4 is 0 Å². The second-order valence-electron chi connectivity index (χ2n) is 7.26. The smallest absolute Gasteiger partial charge is 0.0111 e. The summed E-state index contributed by atoms with van der Waals surface area (Å²) in [5.74, 6) is 1.94. The molecule has 2 heterocycles. The van der Waals surface area contributed by atoms with Crippen molar-refractivity contribution in [1.29, 1.82) is 0 Å². The summed E-state index contributed by atoms with van der Waals surface area (Å²) >= 11 is 0. The largest absolute Gasteiger partial charge is 0.314 e. The van der Waals surface area contributed by atoms with Gasteiger partial charge in [0.05, 0.1) is 0 Å². The second-order valence-corrected chi connectivity index (χ2v) is 7.26. The van der Waals surface area contributed by atoms with E-state index in [1.165, 1.54) is 57.9 Å². The van der Waals surface area contributed by atoms with Crippen LogP contribution in [0.15, 0.2) is 0 Å². The zero-order valence-electron chi connectivity index (χ0n) is 12.2. The van der Waals surface area contributed by atoms with Gasteiger partial charge < -0.3 is 10.2 Å². The Morgan fingerprint density at radius 3 is 2.39 bits per heavy atom. The third-order valence-electron chi connectivity index (χ3n) is 5.84. The number of nitrogens with one attached hydrogen (secondary N) is 1. The highest BCUT2D eigenvalue weighted by atomic mass is 15.2. The molecule has 2 nitrogen and oxygen atoms in total. The number of nitrogens with zero attached hydrogens (tertiary/aromatic N) is 1. The average molecular weight is 250 g/mol. The molecule has 3 aliphatic rings. The predicted octanol–water partition coefficient (Wildman–Crippen LogP) is 3.03. The van der Waals surface area contributed by atoms with Crippen molar-refractivity contribution in [2.24, 2.45) is 11.8 Å². The topological polar surface area (TPSA) is 15.3 Å². The highest BCUT2D eigenvalue weighted by Gasteiger charge is 2.38. The van der Waals surface area contributed by atoms with Gasteiger partial charge in [0, 0.05) is 18.1 Å². The summed E-state index contributed by atoms with van der Waals surface area (Å²) in [6, 6.07) is 2.58. The molecule has 2 heteroatoms. The fourth-order valence-electron chi connectivity index (χ4n) is 4.66. The third-order valence-corrected chi connectivity index (χ3v) is 5.84. The van der Waals surface area contributed by atoms with Crippen LogP contribution >= 0.6 is 0 Å². The molecule has 4 unspecified atom stereocenters. The van der Waals surface area contributed by atoms with Crippen molar-refractivity contribution in [3.05, 3.63) is 0 Å². The summed E-state index contributed by atoms with van der Waals surface area (Å²) in [5.41, 5.74) is 0. The minimum atomic E-state index is 0.816. The van der Waals surface area contributed by atoms with Crippen LogP contribution in [0.5, 0.6) is 0 Å². The van der Waals surface area contributed by atoms with Crippen molar-refractivity contribution in [2.45, 2.75) is 76.4 Å². The Balaban J connectivity index is 1.44. The monoisotopic (exact) mass is 250 g/mol. The van der Waals surface area contributed by atoms with Crippen LogP contribution in [0.3, 0.4) is 0 Å². The van der Waals surface area contributed by atoms with Crippen LogP contribution in [0.1, 0.15) is 58.3 Å². The maximum Gasteiger partial charge on any atom is 0.0111 e. The quantitative estimate of drug-likeness (QED) is 0.828. The Labute approximate surface area is 113 Å². The van der Waals surface area contributed by atoms with E-state index in [-0.39, 0.29) is 0 Å². The minimum Gasteiger partial charge on any atom is -0.314 e. The number of rotatable bonds is 3. The third kappa shape index (κ3) is 2.75. The lowest BCUT2D eigenvalue weighted by Gasteiger charge is -2.38. The van der Waals surface area contributed by atoms with E-state index in [4.69, 9.17) is 0 Å². The zero-order valence-corrected chi connectivity index (χ0v) is 12.2. The zero-order chi connectivity index (χ0) is 12.5. The van der Waals surface area contributed by atoms with Crippen LogP contribution in [0.4, 0.5) is 0 Å². The van der Waals surface area contributed by atoms with Crippen molar-refractivity contribution in [1.82, 2.24) is 10.2 Å². The summed E-state index contributed by atoms with van der Waals surface area (Å²) < 4.78 is 0. The Morgan fingerprint density at radius 1 is 1.00 bits per heavy atom.